The van der Waals surface area contributed by atoms with Crippen LogP contribution in [0.1, 0.15) is 49.2 Å². The maximum Gasteiger partial charge on any atom is 0.165 e. The van der Waals surface area contributed by atoms with Crippen LogP contribution in [0, 0.1) is 0 Å². The van der Waals surface area contributed by atoms with Crippen LogP contribution in [-0.4, -0.2) is 15.8 Å². The van der Waals surface area contributed by atoms with Crippen molar-refractivity contribution in [3.8, 4) is 0 Å². The van der Waals surface area contributed by atoms with Crippen LogP contribution < -0.4 is 0 Å². The number of carbonyl (C=O) groups excluding carboxylic acids is 1. The molecule has 0 aliphatic heterocycles. The number of carbonyl (C=O) groups is 1. The van der Waals surface area contributed by atoms with Gasteiger partial charge in [-0.05, 0) is 25.0 Å². The molecule has 2 aromatic rings. The number of rotatable bonds is 5. The SMILES string of the molecule is CCCC(=O)c1c(CCC)[nH]c2ncccc12. The predicted molar refractivity (Wildman–Crippen MR) is 69.3 cm³/mol. The third-order valence-corrected chi connectivity index (χ3v) is 2.90. The fraction of sp³-hybridized carbons (Fsp3) is 0.429. The van der Waals surface area contributed by atoms with Crippen molar-refractivity contribution in [2.24, 2.45) is 0 Å². The molecule has 0 aromatic carbocycles. The number of hydrogen-bond acceptors (Lipinski definition) is 2. The van der Waals surface area contributed by atoms with E-state index in [0.717, 1.165) is 41.6 Å². The molecule has 0 atom stereocenters. The van der Waals surface area contributed by atoms with Crippen LogP contribution in [0.25, 0.3) is 11.0 Å². The largest absolute Gasteiger partial charge is 0.343 e. The Bertz CT molecular complexity index is 528. The van der Waals surface area contributed by atoms with Crippen molar-refractivity contribution in [2.45, 2.75) is 39.5 Å². The van der Waals surface area contributed by atoms with Crippen molar-refractivity contribution in [3.63, 3.8) is 0 Å². The average molecular weight is 230 g/mol. The van der Waals surface area contributed by atoms with Gasteiger partial charge in [-0.25, -0.2) is 4.98 Å². The lowest BCUT2D eigenvalue weighted by molar-refractivity contribution is 0.0982. The van der Waals surface area contributed by atoms with E-state index in [9.17, 15) is 4.79 Å². The average Bonchev–Trinajstić information content (AvgIpc) is 2.67. The van der Waals surface area contributed by atoms with Crippen LogP contribution in [0.5, 0.6) is 0 Å². The van der Waals surface area contributed by atoms with E-state index in [0.29, 0.717) is 6.42 Å². The molecule has 3 nitrogen and oxygen atoms in total. The number of aromatic nitrogens is 2. The van der Waals surface area contributed by atoms with Gasteiger partial charge in [-0.2, -0.15) is 0 Å². The Morgan fingerprint density at radius 2 is 2.18 bits per heavy atom. The molecule has 0 bridgehead atoms. The number of fused-ring (bicyclic) bond motifs is 1. The van der Waals surface area contributed by atoms with E-state index in [1.165, 1.54) is 0 Å². The maximum atomic E-state index is 12.2. The highest BCUT2D eigenvalue weighted by molar-refractivity contribution is 6.08. The molecular weight excluding hydrogens is 212 g/mol. The van der Waals surface area contributed by atoms with Crippen molar-refractivity contribution in [1.29, 1.82) is 0 Å². The highest BCUT2D eigenvalue weighted by Crippen LogP contribution is 2.23. The number of hydrogen-bond donors (Lipinski definition) is 1. The number of nitrogens with zero attached hydrogens (tertiary/aromatic N) is 1. The van der Waals surface area contributed by atoms with Gasteiger partial charge in [-0.15, -0.1) is 0 Å². The van der Waals surface area contributed by atoms with Crippen LogP contribution in [0.3, 0.4) is 0 Å². The second kappa shape index (κ2) is 5.13. The number of nitrogens with one attached hydrogen (secondary N) is 1. The van der Waals surface area contributed by atoms with Crippen molar-refractivity contribution >= 4 is 16.8 Å². The minimum Gasteiger partial charge on any atom is -0.343 e. The monoisotopic (exact) mass is 230 g/mol. The molecule has 0 spiro atoms. The highest BCUT2D eigenvalue weighted by atomic mass is 16.1. The molecule has 0 saturated heterocycles. The molecule has 0 fully saturated rings. The minimum atomic E-state index is 0.232. The molecular formula is C14H18N2O. The zero-order valence-corrected chi connectivity index (χ0v) is 10.4. The van der Waals surface area contributed by atoms with Crippen molar-refractivity contribution in [3.05, 3.63) is 29.6 Å². The van der Waals surface area contributed by atoms with Gasteiger partial charge in [0, 0.05) is 29.3 Å². The van der Waals surface area contributed by atoms with Gasteiger partial charge in [0.1, 0.15) is 5.65 Å². The number of aryl methyl sites for hydroxylation is 1. The summed E-state index contributed by atoms with van der Waals surface area (Å²) in [5.41, 5.74) is 2.73. The van der Waals surface area contributed by atoms with E-state index < -0.39 is 0 Å². The zero-order chi connectivity index (χ0) is 12.3. The summed E-state index contributed by atoms with van der Waals surface area (Å²) < 4.78 is 0. The maximum absolute atomic E-state index is 12.2. The van der Waals surface area contributed by atoms with Crippen LogP contribution >= 0.6 is 0 Å². The smallest absolute Gasteiger partial charge is 0.165 e. The summed E-state index contributed by atoms with van der Waals surface area (Å²) in [6.45, 7) is 4.15. The molecule has 2 heterocycles. The lowest BCUT2D eigenvalue weighted by Crippen LogP contribution is -2.01. The van der Waals surface area contributed by atoms with Gasteiger partial charge in [0.2, 0.25) is 0 Å². The van der Waals surface area contributed by atoms with Crippen LogP contribution in [-0.2, 0) is 6.42 Å². The Hall–Kier alpha value is -1.64. The molecule has 2 rings (SSSR count). The van der Waals surface area contributed by atoms with E-state index in [1.807, 2.05) is 19.1 Å². The van der Waals surface area contributed by atoms with E-state index in [4.69, 9.17) is 0 Å². The van der Waals surface area contributed by atoms with Crippen molar-refractivity contribution in [1.82, 2.24) is 9.97 Å². The first-order chi connectivity index (χ1) is 8.27. The Labute approximate surface area is 101 Å². The molecule has 3 heteroatoms. The Morgan fingerprint density at radius 1 is 1.35 bits per heavy atom. The predicted octanol–water partition coefficient (Wildman–Crippen LogP) is 3.50. The molecule has 0 aliphatic carbocycles. The van der Waals surface area contributed by atoms with Gasteiger partial charge >= 0.3 is 0 Å². The first-order valence-electron chi connectivity index (χ1n) is 6.26. The lowest BCUT2D eigenvalue weighted by atomic mass is 10.0. The van der Waals surface area contributed by atoms with Crippen molar-refractivity contribution in [2.75, 3.05) is 0 Å². The summed E-state index contributed by atoms with van der Waals surface area (Å²) >= 11 is 0. The van der Waals surface area contributed by atoms with Gasteiger partial charge < -0.3 is 4.98 Å². The van der Waals surface area contributed by atoms with Crippen LogP contribution in [0.15, 0.2) is 18.3 Å². The van der Waals surface area contributed by atoms with Crippen molar-refractivity contribution < 1.29 is 4.79 Å². The molecule has 2 aromatic heterocycles. The number of H-pyrrole nitrogens is 1. The molecule has 0 amide bonds. The second-order valence-corrected chi connectivity index (χ2v) is 4.30. The summed E-state index contributed by atoms with van der Waals surface area (Å²) in [6.07, 6.45) is 5.18. The topological polar surface area (TPSA) is 45.8 Å². The number of Topliss-reactive ketones (excluding diaryl/α,β-unsaturated/α-hetero) is 1. The van der Waals surface area contributed by atoms with Gasteiger partial charge in [0.25, 0.3) is 0 Å². The lowest BCUT2D eigenvalue weighted by Gasteiger charge is -2.01. The summed E-state index contributed by atoms with van der Waals surface area (Å²) in [7, 11) is 0. The highest BCUT2D eigenvalue weighted by Gasteiger charge is 2.17. The van der Waals surface area contributed by atoms with Gasteiger partial charge in [0.05, 0.1) is 0 Å². The Balaban J connectivity index is 2.55. The molecule has 90 valence electrons. The first kappa shape index (κ1) is 11.8. The zero-order valence-electron chi connectivity index (χ0n) is 10.4. The summed E-state index contributed by atoms with van der Waals surface area (Å²) in [5.74, 6) is 0.232. The summed E-state index contributed by atoms with van der Waals surface area (Å²) in [6, 6.07) is 3.86. The third kappa shape index (κ3) is 2.23. The fourth-order valence-corrected chi connectivity index (χ4v) is 2.18. The molecule has 0 radical (unpaired) electrons. The molecule has 0 aliphatic rings. The fourth-order valence-electron chi connectivity index (χ4n) is 2.18. The summed E-state index contributed by atoms with van der Waals surface area (Å²) in [5, 5.41) is 0.967. The Morgan fingerprint density at radius 3 is 2.88 bits per heavy atom. The molecule has 17 heavy (non-hydrogen) atoms. The van der Waals surface area contributed by atoms with Gasteiger partial charge in [-0.1, -0.05) is 20.3 Å². The van der Waals surface area contributed by atoms with Gasteiger partial charge in [0.15, 0.2) is 5.78 Å². The third-order valence-electron chi connectivity index (χ3n) is 2.90. The van der Waals surface area contributed by atoms with E-state index in [2.05, 4.69) is 16.9 Å². The molecule has 1 N–H and O–H groups in total. The number of aromatic amines is 1. The van der Waals surface area contributed by atoms with E-state index >= 15 is 0 Å². The normalized spacial score (nSPS) is 10.9. The number of pyridine rings is 1. The standard InChI is InChI=1S/C14H18N2O/c1-3-6-11-13(12(17)7-4-2)10-8-5-9-15-14(10)16-11/h5,8-9H,3-4,6-7H2,1-2H3,(H,15,16). The summed E-state index contributed by atoms with van der Waals surface area (Å²) in [4.78, 5) is 19.7. The quantitative estimate of drug-likeness (QED) is 0.799. The number of ketones is 1. The van der Waals surface area contributed by atoms with E-state index in [1.54, 1.807) is 6.20 Å². The first-order valence-corrected chi connectivity index (χ1v) is 6.26. The minimum absolute atomic E-state index is 0.232. The van der Waals surface area contributed by atoms with Crippen LogP contribution in [0.4, 0.5) is 0 Å². The van der Waals surface area contributed by atoms with E-state index in [-0.39, 0.29) is 5.78 Å². The molecule has 0 unspecified atom stereocenters. The Kier molecular flexibility index (Phi) is 3.57. The van der Waals surface area contributed by atoms with Crippen LogP contribution in [0.2, 0.25) is 0 Å². The second-order valence-electron chi connectivity index (χ2n) is 4.30. The van der Waals surface area contributed by atoms with Gasteiger partial charge in [-0.3, -0.25) is 4.79 Å². The molecule has 0 saturated carbocycles.